The first-order valence-electron chi connectivity index (χ1n) is 3.58. The van der Waals surface area contributed by atoms with Crippen molar-refractivity contribution in [2.24, 2.45) is 0 Å². The Morgan fingerprint density at radius 2 is 2.21 bits per heavy atom. The highest BCUT2D eigenvalue weighted by Crippen LogP contribution is 2.29. The lowest BCUT2D eigenvalue weighted by Gasteiger charge is -2.07. The Labute approximate surface area is 96.0 Å². The molecule has 0 bridgehead atoms. The van der Waals surface area contributed by atoms with Gasteiger partial charge in [-0.2, -0.15) is 0 Å². The van der Waals surface area contributed by atoms with Crippen LogP contribution in [0, 0.1) is 0 Å². The molecule has 0 saturated carbocycles. The first-order valence-corrected chi connectivity index (χ1v) is 5.50. The fraction of sp³-hybridized carbons (Fsp3) is 0.250. The van der Waals surface area contributed by atoms with Crippen LogP contribution in [-0.4, -0.2) is 11.3 Å². The molecule has 1 heterocycles. The quantitative estimate of drug-likeness (QED) is 0.483. The minimum absolute atomic E-state index is 0.0200. The molecule has 0 fully saturated rings. The maximum atomic E-state index is 12.5. The predicted octanol–water partition coefficient (Wildman–Crippen LogP) is 3.49. The first-order chi connectivity index (χ1) is 6.60. The summed E-state index contributed by atoms with van der Waals surface area (Å²) in [6.45, 7) is 0. The summed E-state index contributed by atoms with van der Waals surface area (Å²) in [6.07, 6.45) is -2.30. The Morgan fingerprint density at radius 3 is 2.64 bits per heavy atom. The Bertz CT molecular complexity index is 357. The molecule has 0 atom stereocenters. The molecule has 0 spiro atoms. The number of pyridine rings is 1. The largest absolute Gasteiger partial charge is 0.298 e. The molecule has 14 heavy (non-hydrogen) atoms. The summed E-state index contributed by atoms with van der Waals surface area (Å²) in [5.74, 6) is 0. The lowest BCUT2D eigenvalue weighted by Crippen LogP contribution is -2.00. The average Bonchev–Trinajstić information content (AvgIpc) is 2.15. The standard InChI is InChI=1S/C8H5Br2F2NO/c9-2-5-1-4(3-14)6(8(11)12)7(10)13-5/h1,3,8H,2H2. The van der Waals surface area contributed by atoms with Crippen LogP contribution < -0.4 is 0 Å². The third-order valence-electron chi connectivity index (χ3n) is 1.58. The van der Waals surface area contributed by atoms with Gasteiger partial charge in [-0.05, 0) is 22.0 Å². The SMILES string of the molecule is O=Cc1cc(CBr)nc(Br)c1C(F)F. The summed E-state index contributed by atoms with van der Waals surface area (Å²) in [5, 5.41) is 0.413. The number of aldehydes is 1. The molecule has 2 nitrogen and oxygen atoms in total. The predicted molar refractivity (Wildman–Crippen MR) is 54.9 cm³/mol. The molecule has 0 aliphatic heterocycles. The van der Waals surface area contributed by atoms with Crippen LogP contribution in [0.1, 0.15) is 28.0 Å². The molecule has 0 radical (unpaired) electrons. The minimum Gasteiger partial charge on any atom is -0.298 e. The monoisotopic (exact) mass is 327 g/mol. The van der Waals surface area contributed by atoms with Gasteiger partial charge in [0.2, 0.25) is 0 Å². The number of hydrogen-bond donors (Lipinski definition) is 0. The van der Waals surface area contributed by atoms with E-state index in [9.17, 15) is 13.6 Å². The third-order valence-corrected chi connectivity index (χ3v) is 2.76. The van der Waals surface area contributed by atoms with Crippen LogP contribution in [0.4, 0.5) is 8.78 Å². The molecular formula is C8H5Br2F2NO. The van der Waals surface area contributed by atoms with Crippen molar-refractivity contribution in [3.63, 3.8) is 0 Å². The molecule has 1 aromatic rings. The second-order valence-corrected chi connectivity index (χ2v) is 3.77. The third kappa shape index (κ3) is 2.36. The van der Waals surface area contributed by atoms with E-state index in [2.05, 4.69) is 36.8 Å². The van der Waals surface area contributed by atoms with Gasteiger partial charge in [-0.1, -0.05) is 15.9 Å². The molecule has 0 saturated heterocycles. The highest BCUT2D eigenvalue weighted by Gasteiger charge is 2.18. The van der Waals surface area contributed by atoms with Crippen LogP contribution in [0.15, 0.2) is 10.7 Å². The molecule has 1 rings (SSSR count). The number of rotatable bonds is 3. The van der Waals surface area contributed by atoms with E-state index in [1.807, 2.05) is 0 Å². The Morgan fingerprint density at radius 1 is 1.57 bits per heavy atom. The summed E-state index contributed by atoms with van der Waals surface area (Å²) in [4.78, 5) is 14.4. The molecule has 0 aromatic carbocycles. The van der Waals surface area contributed by atoms with E-state index < -0.39 is 6.43 Å². The van der Waals surface area contributed by atoms with E-state index in [0.29, 0.717) is 17.3 Å². The summed E-state index contributed by atoms with van der Waals surface area (Å²) >= 11 is 6.04. The van der Waals surface area contributed by atoms with Crippen LogP contribution in [0.3, 0.4) is 0 Å². The second kappa shape index (κ2) is 4.93. The van der Waals surface area contributed by atoms with Gasteiger partial charge in [-0.15, -0.1) is 0 Å². The van der Waals surface area contributed by atoms with Crippen molar-refractivity contribution in [2.75, 3.05) is 0 Å². The van der Waals surface area contributed by atoms with Gasteiger partial charge in [0.15, 0.2) is 6.29 Å². The molecule has 6 heteroatoms. The van der Waals surface area contributed by atoms with E-state index in [1.165, 1.54) is 6.07 Å². The summed E-state index contributed by atoms with van der Waals surface area (Å²) < 4.78 is 25.0. The zero-order valence-electron chi connectivity index (χ0n) is 6.81. The van der Waals surface area contributed by atoms with Crippen molar-refractivity contribution in [1.82, 2.24) is 4.98 Å². The van der Waals surface area contributed by atoms with Gasteiger partial charge in [-0.25, -0.2) is 13.8 Å². The van der Waals surface area contributed by atoms with Crippen molar-refractivity contribution in [2.45, 2.75) is 11.8 Å². The number of halogens is 4. The minimum atomic E-state index is -2.71. The molecule has 76 valence electrons. The average molecular weight is 329 g/mol. The van der Waals surface area contributed by atoms with Crippen LogP contribution in [0.5, 0.6) is 0 Å². The van der Waals surface area contributed by atoms with Crippen molar-refractivity contribution in [3.05, 3.63) is 27.5 Å². The van der Waals surface area contributed by atoms with Crippen LogP contribution in [0.2, 0.25) is 0 Å². The normalized spacial score (nSPS) is 10.6. The molecule has 0 unspecified atom stereocenters. The molecule has 0 aliphatic rings. The number of carbonyl (C=O) groups is 1. The molecular weight excluding hydrogens is 324 g/mol. The van der Waals surface area contributed by atoms with E-state index in [1.54, 1.807) is 0 Å². The zero-order valence-corrected chi connectivity index (χ0v) is 9.98. The number of carbonyl (C=O) groups excluding carboxylic acids is 1. The molecule has 0 N–H and O–H groups in total. The summed E-state index contributed by atoms with van der Waals surface area (Å²) in [7, 11) is 0. The zero-order chi connectivity index (χ0) is 10.7. The van der Waals surface area contributed by atoms with Gasteiger partial charge in [0.05, 0.1) is 11.3 Å². The number of hydrogen-bond acceptors (Lipinski definition) is 2. The topological polar surface area (TPSA) is 30.0 Å². The van der Waals surface area contributed by atoms with Gasteiger partial charge in [-0.3, -0.25) is 4.79 Å². The van der Waals surface area contributed by atoms with Gasteiger partial charge < -0.3 is 0 Å². The fourth-order valence-electron chi connectivity index (χ4n) is 0.977. The number of aromatic nitrogens is 1. The summed E-state index contributed by atoms with van der Waals surface area (Å²) in [5.41, 5.74) is 0.143. The second-order valence-electron chi connectivity index (χ2n) is 2.46. The van der Waals surface area contributed by atoms with E-state index in [4.69, 9.17) is 0 Å². The van der Waals surface area contributed by atoms with Crippen molar-refractivity contribution in [3.8, 4) is 0 Å². The molecule has 1 aromatic heterocycles. The Kier molecular flexibility index (Phi) is 4.12. The van der Waals surface area contributed by atoms with Crippen molar-refractivity contribution < 1.29 is 13.6 Å². The van der Waals surface area contributed by atoms with E-state index in [-0.39, 0.29) is 15.7 Å². The Balaban J connectivity index is 3.34. The first kappa shape index (κ1) is 11.7. The van der Waals surface area contributed by atoms with E-state index >= 15 is 0 Å². The molecule has 0 aliphatic carbocycles. The Hall–Kier alpha value is -0.360. The fourth-order valence-corrected chi connectivity index (χ4v) is 1.89. The van der Waals surface area contributed by atoms with Gasteiger partial charge >= 0.3 is 0 Å². The molecule has 0 amide bonds. The number of nitrogens with zero attached hydrogens (tertiary/aromatic N) is 1. The summed E-state index contributed by atoms with van der Waals surface area (Å²) in [6, 6.07) is 1.34. The van der Waals surface area contributed by atoms with Crippen LogP contribution in [-0.2, 0) is 5.33 Å². The van der Waals surface area contributed by atoms with Crippen LogP contribution >= 0.6 is 31.9 Å². The van der Waals surface area contributed by atoms with Crippen molar-refractivity contribution in [1.29, 1.82) is 0 Å². The lowest BCUT2D eigenvalue weighted by molar-refractivity contribution is 0.110. The number of alkyl halides is 3. The highest BCUT2D eigenvalue weighted by atomic mass is 79.9. The maximum absolute atomic E-state index is 12.5. The highest BCUT2D eigenvalue weighted by molar-refractivity contribution is 9.10. The van der Waals surface area contributed by atoms with Gasteiger partial charge in [0.25, 0.3) is 6.43 Å². The van der Waals surface area contributed by atoms with Gasteiger partial charge in [0.1, 0.15) is 4.60 Å². The van der Waals surface area contributed by atoms with Crippen molar-refractivity contribution >= 4 is 38.1 Å². The smallest absolute Gasteiger partial charge is 0.267 e. The maximum Gasteiger partial charge on any atom is 0.267 e. The van der Waals surface area contributed by atoms with E-state index in [0.717, 1.165) is 0 Å². The van der Waals surface area contributed by atoms with Gasteiger partial charge in [0, 0.05) is 10.9 Å². The lowest BCUT2D eigenvalue weighted by atomic mass is 10.1. The van der Waals surface area contributed by atoms with Crippen LogP contribution in [0.25, 0.3) is 0 Å².